The first-order chi connectivity index (χ1) is 8.85. The first-order valence-corrected chi connectivity index (χ1v) is 5.89. The van der Waals surface area contributed by atoms with E-state index in [9.17, 15) is 9.59 Å². The molecule has 0 saturated carbocycles. The van der Waals surface area contributed by atoms with Crippen LogP contribution in [0.25, 0.3) is 0 Å². The van der Waals surface area contributed by atoms with Gasteiger partial charge in [-0.1, -0.05) is 0 Å². The number of pyridine rings is 1. The molecule has 1 unspecified atom stereocenters. The van der Waals surface area contributed by atoms with Crippen molar-refractivity contribution in [1.29, 1.82) is 0 Å². The first kappa shape index (κ1) is 13.5. The molecule has 6 heteroatoms. The summed E-state index contributed by atoms with van der Waals surface area (Å²) >= 11 is 0. The molecule has 0 saturated heterocycles. The summed E-state index contributed by atoms with van der Waals surface area (Å²) in [6, 6.07) is 3.25. The highest BCUT2D eigenvalue weighted by atomic mass is 16.6. The zero-order chi connectivity index (χ0) is 14.2. The smallest absolute Gasteiger partial charge is 0.418 e. The Kier molecular flexibility index (Phi) is 3.28. The van der Waals surface area contributed by atoms with Crippen molar-refractivity contribution < 1.29 is 19.1 Å². The summed E-state index contributed by atoms with van der Waals surface area (Å²) in [4.78, 5) is 29.5. The van der Waals surface area contributed by atoms with Crippen LogP contribution in [0.1, 0.15) is 31.1 Å². The molecule has 1 atom stereocenters. The highest BCUT2D eigenvalue weighted by Gasteiger charge is 2.44. The van der Waals surface area contributed by atoms with Gasteiger partial charge < -0.3 is 9.47 Å². The summed E-state index contributed by atoms with van der Waals surface area (Å²) < 4.78 is 10.4. The Morgan fingerprint density at radius 2 is 2.11 bits per heavy atom. The molecule has 1 aliphatic heterocycles. The van der Waals surface area contributed by atoms with Gasteiger partial charge in [-0.25, -0.2) is 14.7 Å². The second-order valence-corrected chi connectivity index (χ2v) is 5.18. The monoisotopic (exact) mass is 264 g/mol. The van der Waals surface area contributed by atoms with Crippen LogP contribution in [-0.4, -0.2) is 35.8 Å². The molecule has 2 rings (SSSR count). The maximum atomic E-state index is 12.2. The van der Waals surface area contributed by atoms with Gasteiger partial charge in [0.05, 0.1) is 5.56 Å². The largest absolute Gasteiger partial charge is 0.443 e. The third-order valence-electron chi connectivity index (χ3n) is 2.55. The van der Waals surface area contributed by atoms with Gasteiger partial charge in [0.1, 0.15) is 5.60 Å². The van der Waals surface area contributed by atoms with E-state index in [2.05, 4.69) is 4.98 Å². The summed E-state index contributed by atoms with van der Waals surface area (Å²) in [5.41, 5.74) is -0.295. The van der Waals surface area contributed by atoms with Crippen LogP contribution in [0.3, 0.4) is 0 Å². The molecule has 102 valence electrons. The standard InChI is InChI=1S/C13H16N2O4/c1-13(2,3)19-12(17)15-10-8(6-5-7-14-10)9(16)11(15)18-4/h5-7,11H,1-4H3. The molecule has 1 aromatic heterocycles. The van der Waals surface area contributed by atoms with Crippen molar-refractivity contribution in [1.82, 2.24) is 4.98 Å². The van der Waals surface area contributed by atoms with Crippen LogP contribution in [0.5, 0.6) is 0 Å². The zero-order valence-electron chi connectivity index (χ0n) is 11.3. The minimum Gasteiger partial charge on any atom is -0.443 e. The zero-order valence-corrected chi connectivity index (χ0v) is 11.3. The topological polar surface area (TPSA) is 68.7 Å². The van der Waals surface area contributed by atoms with E-state index >= 15 is 0 Å². The summed E-state index contributed by atoms with van der Waals surface area (Å²) in [5.74, 6) is -0.0231. The number of methoxy groups -OCH3 is 1. The van der Waals surface area contributed by atoms with Crippen LogP contribution in [0, 0.1) is 0 Å². The summed E-state index contributed by atoms with van der Waals surface area (Å²) in [6.07, 6.45) is -0.147. The first-order valence-electron chi connectivity index (χ1n) is 5.89. The van der Waals surface area contributed by atoms with Gasteiger partial charge in [-0.05, 0) is 32.9 Å². The van der Waals surface area contributed by atoms with Gasteiger partial charge >= 0.3 is 6.09 Å². The van der Waals surface area contributed by atoms with E-state index in [0.29, 0.717) is 5.56 Å². The average molecular weight is 264 g/mol. The lowest BCUT2D eigenvalue weighted by molar-refractivity contribution is 0.0381. The molecule has 0 aliphatic carbocycles. The van der Waals surface area contributed by atoms with Crippen molar-refractivity contribution in [2.75, 3.05) is 12.0 Å². The molecule has 1 aliphatic rings. The maximum Gasteiger partial charge on any atom is 0.418 e. The second-order valence-electron chi connectivity index (χ2n) is 5.18. The number of carbonyl (C=O) groups is 2. The van der Waals surface area contributed by atoms with Gasteiger partial charge in [-0.2, -0.15) is 0 Å². The van der Waals surface area contributed by atoms with E-state index in [1.54, 1.807) is 32.9 Å². The fourth-order valence-electron chi connectivity index (χ4n) is 1.85. The van der Waals surface area contributed by atoms with E-state index in [-0.39, 0.29) is 11.6 Å². The van der Waals surface area contributed by atoms with Crippen molar-refractivity contribution in [2.45, 2.75) is 32.6 Å². The van der Waals surface area contributed by atoms with Crippen molar-refractivity contribution in [3.63, 3.8) is 0 Å². The van der Waals surface area contributed by atoms with E-state index < -0.39 is 17.9 Å². The molecule has 0 aromatic carbocycles. The number of carbonyl (C=O) groups excluding carboxylic acids is 2. The number of rotatable bonds is 1. The van der Waals surface area contributed by atoms with Crippen LogP contribution < -0.4 is 4.90 Å². The van der Waals surface area contributed by atoms with Crippen molar-refractivity contribution >= 4 is 17.7 Å². The summed E-state index contributed by atoms with van der Waals surface area (Å²) in [5, 5.41) is 0. The lowest BCUT2D eigenvalue weighted by atomic mass is 10.2. The minimum absolute atomic E-state index is 0.272. The molecule has 0 bridgehead atoms. The number of amides is 1. The third-order valence-corrected chi connectivity index (χ3v) is 2.55. The van der Waals surface area contributed by atoms with Gasteiger partial charge in [0, 0.05) is 13.3 Å². The number of anilines is 1. The normalized spacial score (nSPS) is 18.4. The Bertz CT molecular complexity index is 522. The van der Waals surface area contributed by atoms with Crippen molar-refractivity contribution in [3.05, 3.63) is 23.9 Å². The van der Waals surface area contributed by atoms with E-state index in [1.807, 2.05) is 0 Å². The molecule has 1 amide bonds. The predicted molar refractivity (Wildman–Crippen MR) is 68.1 cm³/mol. The number of hydrogen-bond donors (Lipinski definition) is 0. The summed E-state index contributed by atoms with van der Waals surface area (Å²) in [7, 11) is 1.37. The number of nitrogens with zero attached hydrogens (tertiary/aromatic N) is 2. The highest BCUT2D eigenvalue weighted by Crippen LogP contribution is 2.31. The second kappa shape index (κ2) is 4.62. The SMILES string of the molecule is COC1C(=O)c2cccnc2N1C(=O)OC(C)(C)C. The lowest BCUT2D eigenvalue weighted by Gasteiger charge is -2.26. The molecule has 2 heterocycles. The van der Waals surface area contributed by atoms with Crippen LogP contribution in [0.15, 0.2) is 18.3 Å². The highest BCUT2D eigenvalue weighted by molar-refractivity contribution is 6.14. The fourth-order valence-corrected chi connectivity index (χ4v) is 1.85. The number of ketones is 1. The Morgan fingerprint density at radius 1 is 1.42 bits per heavy atom. The average Bonchev–Trinajstić information content (AvgIpc) is 2.60. The van der Waals surface area contributed by atoms with Crippen LogP contribution >= 0.6 is 0 Å². The van der Waals surface area contributed by atoms with E-state index in [0.717, 1.165) is 4.90 Å². The molecule has 0 N–H and O–H groups in total. The molecule has 0 spiro atoms. The van der Waals surface area contributed by atoms with Gasteiger partial charge in [0.2, 0.25) is 12.0 Å². The Balaban J connectivity index is 2.38. The van der Waals surface area contributed by atoms with Gasteiger partial charge in [0.25, 0.3) is 0 Å². The Morgan fingerprint density at radius 3 is 2.68 bits per heavy atom. The van der Waals surface area contributed by atoms with Crippen LogP contribution in [0.4, 0.5) is 10.6 Å². The van der Waals surface area contributed by atoms with E-state index in [1.165, 1.54) is 13.3 Å². The Hall–Kier alpha value is -1.95. The molecule has 0 fully saturated rings. The van der Waals surface area contributed by atoms with Crippen molar-refractivity contribution in [2.24, 2.45) is 0 Å². The molecule has 1 aromatic rings. The number of aromatic nitrogens is 1. The number of fused-ring (bicyclic) bond motifs is 1. The summed E-state index contributed by atoms with van der Waals surface area (Å²) in [6.45, 7) is 5.26. The van der Waals surface area contributed by atoms with E-state index in [4.69, 9.17) is 9.47 Å². The lowest BCUT2D eigenvalue weighted by Crippen LogP contribution is -2.44. The number of Topliss-reactive ketones (excluding diaryl/α,β-unsaturated/α-hetero) is 1. The molecular formula is C13H16N2O4. The van der Waals surface area contributed by atoms with Gasteiger partial charge in [0.15, 0.2) is 5.82 Å². The molecule has 19 heavy (non-hydrogen) atoms. The van der Waals surface area contributed by atoms with Crippen LogP contribution in [0.2, 0.25) is 0 Å². The molecule has 0 radical (unpaired) electrons. The number of ether oxygens (including phenoxy) is 2. The van der Waals surface area contributed by atoms with Gasteiger partial charge in [-0.15, -0.1) is 0 Å². The Labute approximate surface area is 111 Å². The van der Waals surface area contributed by atoms with Gasteiger partial charge in [-0.3, -0.25) is 4.79 Å². The van der Waals surface area contributed by atoms with Crippen molar-refractivity contribution in [3.8, 4) is 0 Å². The fraction of sp³-hybridized carbons (Fsp3) is 0.462. The molecule has 6 nitrogen and oxygen atoms in total. The van der Waals surface area contributed by atoms with Crippen LogP contribution in [-0.2, 0) is 9.47 Å². The number of hydrogen-bond acceptors (Lipinski definition) is 5. The maximum absolute atomic E-state index is 12.2. The third kappa shape index (κ3) is 2.44. The quantitative estimate of drug-likeness (QED) is 0.776. The predicted octanol–water partition coefficient (Wildman–Crippen LogP) is 1.99. The molecular weight excluding hydrogens is 248 g/mol. The minimum atomic E-state index is -1.01.